The summed E-state index contributed by atoms with van der Waals surface area (Å²) in [5, 5.41) is 17.6. The van der Waals surface area contributed by atoms with Crippen LogP contribution in [-0.4, -0.2) is 31.8 Å². The number of nitrogens with one attached hydrogen (secondary N) is 2. The fourth-order valence-corrected chi connectivity index (χ4v) is 2.64. The van der Waals surface area contributed by atoms with Gasteiger partial charge >= 0.3 is 0 Å². The van der Waals surface area contributed by atoms with Gasteiger partial charge in [0.25, 0.3) is 5.56 Å². The van der Waals surface area contributed by atoms with Gasteiger partial charge in [-0.3, -0.25) is 4.79 Å². The second-order valence-corrected chi connectivity index (χ2v) is 7.14. The van der Waals surface area contributed by atoms with Crippen molar-refractivity contribution in [3.05, 3.63) is 52.0 Å². The summed E-state index contributed by atoms with van der Waals surface area (Å²) in [6.07, 6.45) is 3.29. The third kappa shape index (κ3) is 3.79. The largest absolute Gasteiger partial charge is 0.394 e. The maximum absolute atomic E-state index is 12.6. The molecule has 26 heavy (non-hydrogen) atoms. The number of fused-ring (bicyclic) bond motifs is 1. The maximum atomic E-state index is 12.6. The van der Waals surface area contributed by atoms with Crippen LogP contribution in [0.25, 0.3) is 10.8 Å². The number of nitrogens with zero attached hydrogens (tertiary/aromatic N) is 3. The molecule has 0 aliphatic rings. The van der Waals surface area contributed by atoms with Crippen molar-refractivity contribution in [2.24, 2.45) is 7.05 Å². The van der Waals surface area contributed by atoms with Gasteiger partial charge in [-0.05, 0) is 43.5 Å². The minimum absolute atomic E-state index is 0.114. The third-order valence-corrected chi connectivity index (χ3v) is 4.13. The Hall–Kier alpha value is -2.64. The van der Waals surface area contributed by atoms with Crippen LogP contribution in [0, 0.1) is 0 Å². The molecule has 3 N–H and O–H groups in total. The van der Waals surface area contributed by atoms with Crippen molar-refractivity contribution in [2.75, 3.05) is 17.2 Å². The van der Waals surface area contributed by atoms with E-state index in [1.165, 1.54) is 4.57 Å². The van der Waals surface area contributed by atoms with Crippen LogP contribution < -0.4 is 16.2 Å². The molecule has 7 nitrogen and oxygen atoms in total. The summed E-state index contributed by atoms with van der Waals surface area (Å²) in [6.45, 7) is 3.54. The Morgan fingerprint density at radius 1 is 1.27 bits per heavy atom. The number of hydrogen-bond acceptors (Lipinski definition) is 6. The number of rotatable bonds is 5. The first-order valence-electron chi connectivity index (χ1n) is 8.07. The summed E-state index contributed by atoms with van der Waals surface area (Å²) in [5.74, 6) is 1.45. The second kappa shape index (κ2) is 6.93. The molecule has 0 fully saturated rings. The van der Waals surface area contributed by atoms with E-state index in [1.807, 2.05) is 19.9 Å². The predicted molar refractivity (Wildman–Crippen MR) is 104 cm³/mol. The van der Waals surface area contributed by atoms with Crippen LogP contribution in [0.5, 0.6) is 0 Å². The first-order chi connectivity index (χ1) is 12.3. The minimum atomic E-state index is -0.645. The van der Waals surface area contributed by atoms with Crippen molar-refractivity contribution in [3.8, 4) is 0 Å². The van der Waals surface area contributed by atoms with Crippen LogP contribution in [-0.2, 0) is 7.05 Å². The Kier molecular flexibility index (Phi) is 4.84. The normalized spacial score (nSPS) is 11.6. The van der Waals surface area contributed by atoms with E-state index in [-0.39, 0.29) is 12.2 Å². The molecule has 136 valence electrons. The number of anilines is 3. The van der Waals surface area contributed by atoms with E-state index >= 15 is 0 Å². The van der Waals surface area contributed by atoms with E-state index in [9.17, 15) is 9.90 Å². The molecule has 3 heterocycles. The van der Waals surface area contributed by atoms with Crippen molar-refractivity contribution in [1.82, 2.24) is 14.5 Å². The Labute approximate surface area is 155 Å². The average Bonchev–Trinajstić information content (AvgIpc) is 2.58. The zero-order chi connectivity index (χ0) is 18.9. The number of aryl methyl sites for hydroxylation is 1. The molecule has 0 atom stereocenters. The molecule has 3 aromatic rings. The third-order valence-electron chi connectivity index (χ3n) is 3.89. The lowest BCUT2D eigenvalue weighted by molar-refractivity contribution is 0.234. The summed E-state index contributed by atoms with van der Waals surface area (Å²) in [7, 11) is 1.69. The van der Waals surface area contributed by atoms with Gasteiger partial charge in [-0.15, -0.1) is 0 Å². The number of aliphatic hydroxyl groups is 1. The smallest absolute Gasteiger partial charge is 0.261 e. The summed E-state index contributed by atoms with van der Waals surface area (Å²) < 4.78 is 1.49. The van der Waals surface area contributed by atoms with Crippen molar-refractivity contribution in [2.45, 2.75) is 19.4 Å². The Balaban J connectivity index is 2.14. The highest BCUT2D eigenvalue weighted by Gasteiger charge is 2.20. The second-order valence-electron chi connectivity index (χ2n) is 6.70. The molecule has 0 aliphatic heterocycles. The van der Waals surface area contributed by atoms with Gasteiger partial charge in [0.05, 0.1) is 17.5 Å². The van der Waals surface area contributed by atoms with E-state index < -0.39 is 5.54 Å². The van der Waals surface area contributed by atoms with E-state index in [2.05, 4.69) is 20.6 Å². The molecule has 0 amide bonds. The van der Waals surface area contributed by atoms with Crippen molar-refractivity contribution < 1.29 is 5.11 Å². The van der Waals surface area contributed by atoms with Crippen molar-refractivity contribution >= 4 is 39.8 Å². The molecule has 0 spiro atoms. The fraction of sp³-hybridized carbons (Fsp3) is 0.278. The van der Waals surface area contributed by atoms with E-state index in [0.717, 1.165) is 5.39 Å². The first kappa shape index (κ1) is 18.2. The minimum Gasteiger partial charge on any atom is -0.394 e. The van der Waals surface area contributed by atoms with Gasteiger partial charge in [0.1, 0.15) is 17.5 Å². The van der Waals surface area contributed by atoms with Gasteiger partial charge in [-0.1, -0.05) is 11.6 Å². The van der Waals surface area contributed by atoms with E-state index in [4.69, 9.17) is 11.6 Å². The quantitative estimate of drug-likeness (QED) is 0.637. The highest BCUT2D eigenvalue weighted by atomic mass is 35.5. The lowest BCUT2D eigenvalue weighted by Crippen LogP contribution is -2.36. The topological polar surface area (TPSA) is 92.1 Å². The lowest BCUT2D eigenvalue weighted by Gasteiger charge is -2.25. The molecule has 0 bridgehead atoms. The molecule has 0 saturated heterocycles. The first-order valence-corrected chi connectivity index (χ1v) is 8.45. The molecule has 0 saturated carbocycles. The SMILES string of the molecule is Cn1ccc2cc(Nc3cc(Cl)ccn3)nc(NC(C)(C)CO)c2c1=O. The molecular formula is C18H20ClN5O2. The van der Waals surface area contributed by atoms with E-state index in [0.29, 0.717) is 27.9 Å². The highest BCUT2D eigenvalue weighted by Crippen LogP contribution is 2.26. The molecule has 0 aliphatic carbocycles. The number of aliphatic hydroxyl groups excluding tert-OH is 1. The van der Waals surface area contributed by atoms with Crippen LogP contribution in [0.15, 0.2) is 41.5 Å². The number of pyridine rings is 3. The van der Waals surface area contributed by atoms with Crippen molar-refractivity contribution in [3.63, 3.8) is 0 Å². The van der Waals surface area contributed by atoms with E-state index in [1.54, 1.807) is 37.6 Å². The molecule has 3 rings (SSSR count). The Bertz CT molecular complexity index is 1020. The van der Waals surface area contributed by atoms with Gasteiger partial charge in [0, 0.05) is 24.5 Å². The lowest BCUT2D eigenvalue weighted by atomic mass is 10.1. The standard InChI is InChI=1S/C18H20ClN5O2/c1-18(2,10-25)23-16-15-11(5-7-24(3)17(15)26)8-14(22-16)21-13-9-12(19)4-6-20-13/h4-9,25H,10H2,1-3H3,(H2,20,21,22,23). The van der Waals surface area contributed by atoms with Crippen molar-refractivity contribution in [1.29, 1.82) is 0 Å². The molecule has 0 aromatic carbocycles. The van der Waals surface area contributed by atoms with Gasteiger partial charge in [0.2, 0.25) is 0 Å². The van der Waals surface area contributed by atoms with Gasteiger partial charge < -0.3 is 20.3 Å². The zero-order valence-corrected chi connectivity index (χ0v) is 15.5. The summed E-state index contributed by atoms with van der Waals surface area (Å²) in [6, 6.07) is 6.98. The Morgan fingerprint density at radius 3 is 2.73 bits per heavy atom. The predicted octanol–water partition coefficient (Wildman–Crippen LogP) is 2.91. The fourth-order valence-electron chi connectivity index (χ4n) is 2.48. The molecule has 8 heteroatoms. The monoisotopic (exact) mass is 373 g/mol. The summed E-state index contributed by atoms with van der Waals surface area (Å²) in [4.78, 5) is 21.3. The maximum Gasteiger partial charge on any atom is 0.261 e. The average molecular weight is 374 g/mol. The number of hydrogen-bond donors (Lipinski definition) is 3. The zero-order valence-electron chi connectivity index (χ0n) is 14.7. The van der Waals surface area contributed by atoms with Crippen LogP contribution in [0.4, 0.5) is 17.5 Å². The molecule has 0 radical (unpaired) electrons. The van der Waals surface area contributed by atoms with Crippen LogP contribution >= 0.6 is 11.6 Å². The summed E-state index contributed by atoms with van der Waals surface area (Å²) >= 11 is 6.00. The Morgan fingerprint density at radius 2 is 2.04 bits per heavy atom. The summed E-state index contributed by atoms with van der Waals surface area (Å²) in [5.41, 5.74) is -0.813. The molecular weight excluding hydrogens is 354 g/mol. The number of halogens is 1. The number of aromatic nitrogens is 3. The molecule has 3 aromatic heterocycles. The molecule has 0 unspecified atom stereocenters. The van der Waals surface area contributed by atoms with Gasteiger partial charge in [-0.2, -0.15) is 0 Å². The van der Waals surface area contributed by atoms with Crippen LogP contribution in [0.1, 0.15) is 13.8 Å². The van der Waals surface area contributed by atoms with Crippen LogP contribution in [0.2, 0.25) is 5.02 Å². The van der Waals surface area contributed by atoms with Gasteiger partial charge in [-0.25, -0.2) is 9.97 Å². The van der Waals surface area contributed by atoms with Gasteiger partial charge in [0.15, 0.2) is 0 Å². The van der Waals surface area contributed by atoms with Crippen LogP contribution in [0.3, 0.4) is 0 Å². The highest BCUT2D eigenvalue weighted by molar-refractivity contribution is 6.30.